The Morgan fingerprint density at radius 3 is 2.73 bits per heavy atom. The Morgan fingerprint density at radius 1 is 1.14 bits per heavy atom. The molecule has 0 spiro atoms. The number of fused-ring (bicyclic) bond motifs is 5. The molecule has 3 aliphatic carbocycles. The van der Waals surface area contributed by atoms with Crippen molar-refractivity contribution in [3.05, 3.63) is 12.2 Å². The van der Waals surface area contributed by atoms with Gasteiger partial charge in [-0.25, -0.2) is 4.79 Å². The Morgan fingerprint density at radius 2 is 1.95 bits per heavy atom. The molecule has 1 heterocycles. The first-order chi connectivity index (χ1) is 10.5. The number of nitrogens with two attached hydrogens (primary N) is 1. The van der Waals surface area contributed by atoms with E-state index in [1.165, 1.54) is 32.1 Å². The highest BCUT2D eigenvalue weighted by atomic mass is 16.2. The van der Waals surface area contributed by atoms with Gasteiger partial charge in [0.1, 0.15) is 0 Å². The van der Waals surface area contributed by atoms with Crippen molar-refractivity contribution < 1.29 is 4.79 Å². The fraction of sp³-hybridized carbons (Fsp3) is 0.842. The molecule has 0 aromatic carbocycles. The van der Waals surface area contributed by atoms with Crippen molar-refractivity contribution in [3.8, 4) is 0 Å². The zero-order valence-corrected chi connectivity index (χ0v) is 14.1. The molecule has 122 valence electrons. The lowest BCUT2D eigenvalue weighted by molar-refractivity contribution is -0.0635. The van der Waals surface area contributed by atoms with Crippen LogP contribution < -0.4 is 5.73 Å². The minimum Gasteiger partial charge on any atom is -0.351 e. The number of rotatable bonds is 0. The number of likely N-dealkylation sites (tertiary alicyclic amines) is 1. The Bertz CT molecular complexity index is 516. The van der Waals surface area contributed by atoms with Crippen LogP contribution in [-0.2, 0) is 0 Å². The lowest BCUT2D eigenvalue weighted by Gasteiger charge is -2.59. The molecular formula is C19H30N2O. The lowest BCUT2D eigenvalue weighted by atomic mass is 9.47. The van der Waals surface area contributed by atoms with Crippen LogP contribution in [0.1, 0.15) is 58.8 Å². The van der Waals surface area contributed by atoms with Gasteiger partial charge in [0, 0.05) is 12.1 Å². The molecule has 3 heteroatoms. The first kappa shape index (κ1) is 14.6. The third kappa shape index (κ3) is 1.77. The van der Waals surface area contributed by atoms with Crippen LogP contribution in [0.15, 0.2) is 12.2 Å². The molecule has 22 heavy (non-hydrogen) atoms. The Balaban J connectivity index is 1.66. The van der Waals surface area contributed by atoms with Gasteiger partial charge >= 0.3 is 6.03 Å². The second-order valence-corrected chi connectivity index (χ2v) is 8.67. The van der Waals surface area contributed by atoms with Gasteiger partial charge in [0.2, 0.25) is 0 Å². The van der Waals surface area contributed by atoms with Gasteiger partial charge in [-0.15, -0.1) is 0 Å². The molecule has 4 rings (SSSR count). The number of primary amides is 1. The second kappa shape index (κ2) is 4.75. The lowest BCUT2D eigenvalue weighted by Crippen LogP contribution is -2.58. The molecule has 1 unspecified atom stereocenters. The first-order valence-electron chi connectivity index (χ1n) is 9.21. The van der Waals surface area contributed by atoms with E-state index in [1.807, 2.05) is 4.90 Å². The molecule has 2 saturated carbocycles. The first-order valence-corrected chi connectivity index (χ1v) is 9.21. The van der Waals surface area contributed by atoms with Crippen molar-refractivity contribution >= 4 is 6.03 Å². The van der Waals surface area contributed by atoms with Crippen molar-refractivity contribution in [2.24, 2.45) is 34.8 Å². The fourth-order valence-corrected chi connectivity index (χ4v) is 6.87. The third-order valence-corrected chi connectivity index (χ3v) is 8.03. The van der Waals surface area contributed by atoms with Crippen LogP contribution in [-0.4, -0.2) is 23.0 Å². The van der Waals surface area contributed by atoms with Crippen LogP contribution in [0, 0.1) is 29.1 Å². The van der Waals surface area contributed by atoms with Gasteiger partial charge in [-0.05, 0) is 81.0 Å². The number of hydrogen-bond acceptors (Lipinski definition) is 1. The molecule has 6 atom stereocenters. The normalized spacial score (nSPS) is 50.2. The van der Waals surface area contributed by atoms with Gasteiger partial charge in [-0.1, -0.05) is 19.1 Å². The SMILES string of the molecule is C[C@]12C=CCCC1CC[C@@H]1[C@H]2CC[C@@]2(C)[C@H]1CCN2C(N)=O. The molecule has 4 aliphatic rings. The zero-order chi connectivity index (χ0) is 15.5. The maximum Gasteiger partial charge on any atom is 0.315 e. The summed E-state index contributed by atoms with van der Waals surface area (Å²) < 4.78 is 0. The molecule has 1 aliphatic heterocycles. The van der Waals surface area contributed by atoms with Gasteiger partial charge in [0.15, 0.2) is 0 Å². The maximum absolute atomic E-state index is 11.8. The number of allylic oxidation sites excluding steroid dienone is 2. The summed E-state index contributed by atoms with van der Waals surface area (Å²) in [5.41, 5.74) is 6.09. The predicted octanol–water partition coefficient (Wildman–Crippen LogP) is 3.94. The molecule has 0 aromatic heterocycles. The van der Waals surface area contributed by atoms with Crippen LogP contribution in [0.2, 0.25) is 0 Å². The Hall–Kier alpha value is -0.990. The van der Waals surface area contributed by atoms with Gasteiger partial charge in [-0.2, -0.15) is 0 Å². The van der Waals surface area contributed by atoms with Crippen molar-refractivity contribution in [3.63, 3.8) is 0 Å². The van der Waals surface area contributed by atoms with E-state index in [4.69, 9.17) is 5.73 Å². The molecule has 2 N–H and O–H groups in total. The van der Waals surface area contributed by atoms with Crippen LogP contribution in [0.25, 0.3) is 0 Å². The molecule has 0 aromatic rings. The standard InChI is InChI=1S/C19H30N2O/c1-18-10-4-3-5-13(18)6-7-14-15(18)8-11-19(2)16(14)9-12-21(19)17(20)22/h4,10,13-16H,3,5-9,11-12H2,1-2H3,(H2,20,22)/t13?,14-,15-,16+,18+,19+/m1/s1. The number of urea groups is 1. The van der Waals surface area contributed by atoms with Crippen LogP contribution >= 0.6 is 0 Å². The van der Waals surface area contributed by atoms with E-state index in [2.05, 4.69) is 26.0 Å². The Labute approximate surface area is 134 Å². The third-order valence-electron chi connectivity index (χ3n) is 8.03. The summed E-state index contributed by atoms with van der Waals surface area (Å²) in [6.07, 6.45) is 13.9. The average molecular weight is 302 g/mol. The van der Waals surface area contributed by atoms with E-state index in [-0.39, 0.29) is 11.6 Å². The van der Waals surface area contributed by atoms with Crippen molar-refractivity contribution in [2.75, 3.05) is 6.54 Å². The highest BCUT2D eigenvalue weighted by Crippen LogP contribution is 2.62. The largest absolute Gasteiger partial charge is 0.351 e. The van der Waals surface area contributed by atoms with E-state index in [9.17, 15) is 4.79 Å². The number of hydrogen-bond donors (Lipinski definition) is 1. The summed E-state index contributed by atoms with van der Waals surface area (Å²) in [4.78, 5) is 13.8. The van der Waals surface area contributed by atoms with Gasteiger partial charge in [-0.3, -0.25) is 0 Å². The molecular weight excluding hydrogens is 272 g/mol. The minimum atomic E-state index is -0.207. The number of nitrogens with zero attached hydrogens (tertiary/aromatic N) is 1. The van der Waals surface area contributed by atoms with Crippen LogP contribution in [0.4, 0.5) is 4.79 Å². The second-order valence-electron chi connectivity index (χ2n) is 8.67. The monoisotopic (exact) mass is 302 g/mol. The van der Waals surface area contributed by atoms with Crippen molar-refractivity contribution in [1.82, 2.24) is 4.90 Å². The highest BCUT2D eigenvalue weighted by molar-refractivity contribution is 5.73. The fourth-order valence-electron chi connectivity index (χ4n) is 6.87. The smallest absolute Gasteiger partial charge is 0.315 e. The van der Waals surface area contributed by atoms with E-state index in [1.54, 1.807) is 0 Å². The van der Waals surface area contributed by atoms with Crippen LogP contribution in [0.3, 0.4) is 0 Å². The molecule has 0 radical (unpaired) electrons. The summed E-state index contributed by atoms with van der Waals surface area (Å²) in [6.45, 7) is 5.69. The molecule has 0 bridgehead atoms. The summed E-state index contributed by atoms with van der Waals surface area (Å²) in [6, 6.07) is -0.207. The molecule has 3 nitrogen and oxygen atoms in total. The van der Waals surface area contributed by atoms with E-state index in [0.29, 0.717) is 11.3 Å². The summed E-state index contributed by atoms with van der Waals surface area (Å²) in [7, 11) is 0. The van der Waals surface area contributed by atoms with E-state index >= 15 is 0 Å². The van der Waals surface area contributed by atoms with Gasteiger partial charge < -0.3 is 10.6 Å². The quantitative estimate of drug-likeness (QED) is 0.677. The van der Waals surface area contributed by atoms with Crippen molar-refractivity contribution in [1.29, 1.82) is 0 Å². The van der Waals surface area contributed by atoms with Gasteiger partial charge in [0.25, 0.3) is 0 Å². The minimum absolute atomic E-state index is 0.0224. The molecule has 2 amide bonds. The van der Waals surface area contributed by atoms with Gasteiger partial charge in [0.05, 0.1) is 0 Å². The summed E-state index contributed by atoms with van der Waals surface area (Å²) >= 11 is 0. The maximum atomic E-state index is 11.8. The van der Waals surface area contributed by atoms with Crippen molar-refractivity contribution in [2.45, 2.75) is 64.3 Å². The number of amides is 2. The Kier molecular flexibility index (Phi) is 3.15. The summed E-state index contributed by atoms with van der Waals surface area (Å²) in [5, 5.41) is 0. The summed E-state index contributed by atoms with van der Waals surface area (Å²) in [5.74, 6) is 3.14. The van der Waals surface area contributed by atoms with E-state index in [0.717, 1.165) is 37.1 Å². The van der Waals surface area contributed by atoms with E-state index < -0.39 is 0 Å². The van der Waals surface area contributed by atoms with Crippen LogP contribution in [0.5, 0.6) is 0 Å². The highest BCUT2D eigenvalue weighted by Gasteiger charge is 2.59. The topological polar surface area (TPSA) is 46.3 Å². The zero-order valence-electron chi connectivity index (χ0n) is 14.1. The molecule has 3 fully saturated rings. The average Bonchev–Trinajstić information content (AvgIpc) is 2.84. The predicted molar refractivity (Wildman–Crippen MR) is 88.2 cm³/mol. The number of carbonyl (C=O) groups is 1. The number of carbonyl (C=O) groups excluding carboxylic acids is 1. The molecule has 1 saturated heterocycles.